The van der Waals surface area contributed by atoms with Crippen LogP contribution >= 0.6 is 0 Å². The maximum Gasteiger partial charge on any atom is 0.335 e. The van der Waals surface area contributed by atoms with Crippen molar-refractivity contribution in [1.29, 1.82) is 0 Å². The standard InChI is InChI=1S/C19H21F2N5O4S/c1-12-3-4-17(23-22-12)26-15-10-16(31(28,29)24-19(11-20)5-6-19)13(21)9-14(15)25(18(26)27)7-8-30-2/h3-4,9-10,24H,5-8,11H2,1-2H3. The zero-order valence-electron chi connectivity index (χ0n) is 16.9. The van der Waals surface area contributed by atoms with Crippen molar-refractivity contribution in [2.75, 3.05) is 20.4 Å². The van der Waals surface area contributed by atoms with Crippen molar-refractivity contribution in [2.24, 2.45) is 0 Å². The Hall–Kier alpha value is -2.70. The van der Waals surface area contributed by atoms with Crippen molar-refractivity contribution in [3.05, 3.63) is 46.3 Å². The van der Waals surface area contributed by atoms with Gasteiger partial charge in [-0.25, -0.2) is 31.3 Å². The maximum absolute atomic E-state index is 14.9. The molecule has 0 spiro atoms. The zero-order chi connectivity index (χ0) is 22.4. The average molecular weight is 453 g/mol. The summed E-state index contributed by atoms with van der Waals surface area (Å²) in [5.74, 6) is -0.893. The molecule has 12 heteroatoms. The van der Waals surface area contributed by atoms with E-state index in [1.54, 1.807) is 19.1 Å². The Morgan fingerprint density at radius 2 is 1.97 bits per heavy atom. The molecule has 2 aromatic heterocycles. The number of rotatable bonds is 8. The van der Waals surface area contributed by atoms with Crippen LogP contribution < -0.4 is 10.4 Å². The van der Waals surface area contributed by atoms with E-state index in [4.69, 9.17) is 4.74 Å². The van der Waals surface area contributed by atoms with Gasteiger partial charge >= 0.3 is 5.69 Å². The number of fused-ring (bicyclic) bond motifs is 1. The Kier molecular flexibility index (Phi) is 5.40. The first-order valence-electron chi connectivity index (χ1n) is 9.56. The van der Waals surface area contributed by atoms with E-state index in [-0.39, 0.29) is 30.0 Å². The van der Waals surface area contributed by atoms with Crippen LogP contribution in [0.1, 0.15) is 18.5 Å². The molecule has 1 aliphatic rings. The molecule has 166 valence electrons. The lowest BCUT2D eigenvalue weighted by atomic mass is 10.3. The predicted molar refractivity (Wildman–Crippen MR) is 108 cm³/mol. The van der Waals surface area contributed by atoms with Crippen LogP contribution in [0.15, 0.2) is 34.0 Å². The fourth-order valence-electron chi connectivity index (χ4n) is 3.35. The number of nitrogens with zero attached hydrogens (tertiary/aromatic N) is 4. The summed E-state index contributed by atoms with van der Waals surface area (Å²) in [6, 6.07) is 5.25. The molecule has 2 heterocycles. The van der Waals surface area contributed by atoms with E-state index in [0.717, 1.165) is 16.7 Å². The SMILES string of the molecule is COCCn1c(=O)n(-c2ccc(C)nn2)c2cc(S(=O)(=O)NC3(CF)CC3)c(F)cc21. The summed E-state index contributed by atoms with van der Waals surface area (Å²) < 4.78 is 63.5. The van der Waals surface area contributed by atoms with E-state index in [1.807, 2.05) is 0 Å². The molecule has 1 aliphatic carbocycles. The molecule has 0 atom stereocenters. The van der Waals surface area contributed by atoms with Crippen LogP contribution in [0, 0.1) is 12.7 Å². The van der Waals surface area contributed by atoms with Crippen molar-refractivity contribution in [1.82, 2.24) is 24.1 Å². The third kappa shape index (κ3) is 3.86. The lowest BCUT2D eigenvalue weighted by Gasteiger charge is -2.14. The number of imidazole rings is 1. The topological polar surface area (TPSA) is 108 Å². The highest BCUT2D eigenvalue weighted by Gasteiger charge is 2.47. The van der Waals surface area contributed by atoms with Crippen molar-refractivity contribution >= 4 is 21.1 Å². The van der Waals surface area contributed by atoms with E-state index >= 15 is 0 Å². The number of aryl methyl sites for hydroxylation is 1. The number of ether oxygens (including phenoxy) is 1. The number of benzene rings is 1. The quantitative estimate of drug-likeness (QED) is 0.553. The Bertz CT molecular complexity index is 1300. The highest BCUT2D eigenvalue weighted by Crippen LogP contribution is 2.37. The van der Waals surface area contributed by atoms with Crippen molar-refractivity contribution in [3.8, 4) is 5.82 Å². The van der Waals surface area contributed by atoms with Gasteiger partial charge in [-0.2, -0.15) is 5.10 Å². The molecule has 0 aliphatic heterocycles. The van der Waals surface area contributed by atoms with E-state index in [9.17, 15) is 22.0 Å². The third-order valence-corrected chi connectivity index (χ3v) is 6.86. The van der Waals surface area contributed by atoms with Gasteiger partial charge in [0, 0.05) is 13.2 Å². The van der Waals surface area contributed by atoms with Crippen LogP contribution in [0.2, 0.25) is 0 Å². The smallest absolute Gasteiger partial charge is 0.335 e. The number of methoxy groups -OCH3 is 1. The summed E-state index contributed by atoms with van der Waals surface area (Å²) in [4.78, 5) is 12.4. The molecule has 0 saturated heterocycles. The van der Waals surface area contributed by atoms with Gasteiger partial charge in [-0.15, -0.1) is 5.10 Å². The molecule has 1 fully saturated rings. The van der Waals surface area contributed by atoms with Crippen LogP contribution in [-0.4, -0.2) is 53.7 Å². The number of alkyl halides is 1. The number of nitrogens with one attached hydrogen (secondary N) is 1. The van der Waals surface area contributed by atoms with Gasteiger partial charge in [-0.05, 0) is 38.0 Å². The fraction of sp³-hybridized carbons (Fsp3) is 0.421. The highest BCUT2D eigenvalue weighted by molar-refractivity contribution is 7.89. The van der Waals surface area contributed by atoms with E-state index in [2.05, 4.69) is 14.9 Å². The largest absolute Gasteiger partial charge is 0.383 e. The number of aromatic nitrogens is 4. The van der Waals surface area contributed by atoms with Gasteiger partial charge in [0.25, 0.3) is 0 Å². The summed E-state index contributed by atoms with van der Waals surface area (Å²) in [7, 11) is -2.90. The van der Waals surface area contributed by atoms with Gasteiger partial charge in [-0.3, -0.25) is 4.57 Å². The van der Waals surface area contributed by atoms with E-state index in [0.29, 0.717) is 18.5 Å². The number of sulfonamides is 1. The Morgan fingerprint density at radius 1 is 1.23 bits per heavy atom. The van der Waals surface area contributed by atoms with E-state index in [1.165, 1.54) is 11.7 Å². The van der Waals surface area contributed by atoms with Crippen LogP contribution in [0.25, 0.3) is 16.9 Å². The first-order chi connectivity index (χ1) is 14.7. The first kappa shape index (κ1) is 21.5. The molecule has 4 rings (SSSR count). The molecule has 1 N–H and O–H groups in total. The molecule has 0 unspecified atom stereocenters. The van der Waals surface area contributed by atoms with Crippen molar-refractivity contribution < 1.29 is 21.9 Å². The lowest BCUT2D eigenvalue weighted by molar-refractivity contribution is 0.187. The zero-order valence-corrected chi connectivity index (χ0v) is 17.7. The van der Waals surface area contributed by atoms with Crippen LogP contribution in [-0.2, 0) is 21.3 Å². The molecular formula is C19H21F2N5O4S. The fourth-order valence-corrected chi connectivity index (χ4v) is 4.87. The molecule has 0 bridgehead atoms. The molecular weight excluding hydrogens is 432 g/mol. The second-order valence-corrected chi connectivity index (χ2v) is 9.24. The summed E-state index contributed by atoms with van der Waals surface area (Å²) in [6.45, 7) is 1.15. The molecule has 1 aromatic carbocycles. The summed E-state index contributed by atoms with van der Waals surface area (Å²) in [5, 5.41) is 7.95. The molecule has 31 heavy (non-hydrogen) atoms. The van der Waals surface area contributed by atoms with Gasteiger partial charge in [0.1, 0.15) is 17.4 Å². The minimum Gasteiger partial charge on any atom is -0.383 e. The van der Waals surface area contributed by atoms with E-state index < -0.39 is 38.6 Å². The highest BCUT2D eigenvalue weighted by atomic mass is 32.2. The Labute approximate surface area is 176 Å². The minimum atomic E-state index is -4.37. The second-order valence-electron chi connectivity index (χ2n) is 7.59. The molecule has 0 amide bonds. The van der Waals surface area contributed by atoms with Crippen LogP contribution in [0.3, 0.4) is 0 Å². The normalized spacial score (nSPS) is 15.5. The maximum atomic E-state index is 14.9. The van der Waals surface area contributed by atoms with Crippen molar-refractivity contribution in [2.45, 2.75) is 36.7 Å². The number of hydrogen-bond acceptors (Lipinski definition) is 6. The van der Waals surface area contributed by atoms with Gasteiger partial charge in [0.05, 0.1) is 35.4 Å². The molecule has 9 nitrogen and oxygen atoms in total. The Balaban J connectivity index is 1.94. The molecule has 1 saturated carbocycles. The van der Waals surface area contributed by atoms with Gasteiger partial charge < -0.3 is 4.74 Å². The van der Waals surface area contributed by atoms with Gasteiger partial charge in [0.15, 0.2) is 5.82 Å². The van der Waals surface area contributed by atoms with Gasteiger partial charge in [-0.1, -0.05) is 0 Å². The minimum absolute atomic E-state index is 0.118. The summed E-state index contributed by atoms with van der Waals surface area (Å²) >= 11 is 0. The summed E-state index contributed by atoms with van der Waals surface area (Å²) in [6.07, 6.45) is 0.674. The van der Waals surface area contributed by atoms with Crippen molar-refractivity contribution in [3.63, 3.8) is 0 Å². The average Bonchev–Trinajstić information content (AvgIpc) is 3.44. The number of halogens is 2. The van der Waals surface area contributed by atoms with Crippen LogP contribution in [0.4, 0.5) is 8.78 Å². The summed E-state index contributed by atoms with van der Waals surface area (Å²) in [5.41, 5.74) is -0.806. The molecule has 0 radical (unpaired) electrons. The molecule has 3 aromatic rings. The number of hydrogen-bond donors (Lipinski definition) is 1. The van der Waals surface area contributed by atoms with Gasteiger partial charge in [0.2, 0.25) is 10.0 Å². The predicted octanol–water partition coefficient (Wildman–Crippen LogP) is 1.46. The Morgan fingerprint density at radius 3 is 2.55 bits per heavy atom. The van der Waals surface area contributed by atoms with Crippen LogP contribution in [0.5, 0.6) is 0 Å². The second kappa shape index (κ2) is 7.77. The first-order valence-corrected chi connectivity index (χ1v) is 11.0. The lowest BCUT2D eigenvalue weighted by Crippen LogP contribution is -2.38. The third-order valence-electron chi connectivity index (χ3n) is 5.26. The monoisotopic (exact) mass is 453 g/mol.